The summed E-state index contributed by atoms with van der Waals surface area (Å²) >= 11 is 0. The van der Waals surface area contributed by atoms with Gasteiger partial charge < -0.3 is 15.4 Å². The quantitative estimate of drug-likeness (QED) is 0.763. The zero-order valence-electron chi connectivity index (χ0n) is 12.8. The Labute approximate surface area is 137 Å². The molecular formula is C17H17F3N2O2. The summed E-state index contributed by atoms with van der Waals surface area (Å²) in [6.45, 7) is 0.609. The van der Waals surface area contributed by atoms with Crippen LogP contribution in [0.25, 0.3) is 0 Å². The van der Waals surface area contributed by atoms with E-state index >= 15 is 0 Å². The Balaban J connectivity index is 1.60. The zero-order valence-corrected chi connectivity index (χ0v) is 12.8. The van der Waals surface area contributed by atoms with Crippen molar-refractivity contribution in [1.82, 2.24) is 10.6 Å². The van der Waals surface area contributed by atoms with Crippen LogP contribution in [0, 0.1) is 17.5 Å². The number of amides is 2. The molecule has 24 heavy (non-hydrogen) atoms. The van der Waals surface area contributed by atoms with E-state index in [2.05, 4.69) is 10.6 Å². The van der Waals surface area contributed by atoms with E-state index in [1.165, 1.54) is 18.2 Å². The highest BCUT2D eigenvalue weighted by molar-refractivity contribution is 5.73. The van der Waals surface area contributed by atoms with Crippen LogP contribution in [0.5, 0.6) is 5.75 Å². The third-order valence-electron chi connectivity index (χ3n) is 3.15. The van der Waals surface area contributed by atoms with E-state index in [0.29, 0.717) is 13.0 Å². The molecule has 128 valence electrons. The molecule has 0 saturated heterocycles. The molecule has 2 amide bonds. The lowest BCUT2D eigenvalue weighted by molar-refractivity contribution is 0.236. The molecular weight excluding hydrogens is 321 g/mol. The van der Waals surface area contributed by atoms with Crippen LogP contribution in [-0.4, -0.2) is 25.7 Å². The van der Waals surface area contributed by atoms with Crippen molar-refractivity contribution < 1.29 is 22.7 Å². The largest absolute Gasteiger partial charge is 0.489 e. The van der Waals surface area contributed by atoms with Crippen LogP contribution < -0.4 is 15.4 Å². The fourth-order valence-corrected chi connectivity index (χ4v) is 1.95. The van der Waals surface area contributed by atoms with Crippen molar-refractivity contribution in [1.29, 1.82) is 0 Å². The van der Waals surface area contributed by atoms with Crippen molar-refractivity contribution in [3.05, 3.63) is 65.5 Å². The third kappa shape index (κ3) is 5.83. The van der Waals surface area contributed by atoms with E-state index < -0.39 is 11.6 Å². The van der Waals surface area contributed by atoms with Gasteiger partial charge in [-0.1, -0.05) is 12.1 Å². The van der Waals surface area contributed by atoms with E-state index in [4.69, 9.17) is 4.74 Å². The predicted octanol–water partition coefficient (Wildman–Crippen LogP) is 3.02. The molecule has 0 unspecified atom stereocenters. The van der Waals surface area contributed by atoms with Gasteiger partial charge in [-0.3, -0.25) is 0 Å². The summed E-state index contributed by atoms with van der Waals surface area (Å²) in [5.74, 6) is -1.85. The number of ether oxygens (including phenoxy) is 1. The predicted molar refractivity (Wildman–Crippen MR) is 83.4 cm³/mol. The highest BCUT2D eigenvalue weighted by Gasteiger charge is 2.05. The summed E-state index contributed by atoms with van der Waals surface area (Å²) < 4.78 is 43.9. The monoisotopic (exact) mass is 338 g/mol. The first-order valence-electron chi connectivity index (χ1n) is 7.38. The maximum absolute atomic E-state index is 13.3. The van der Waals surface area contributed by atoms with Gasteiger partial charge in [0.1, 0.15) is 18.2 Å². The normalized spacial score (nSPS) is 10.3. The second kappa shape index (κ2) is 8.81. The van der Waals surface area contributed by atoms with Gasteiger partial charge in [0.25, 0.3) is 0 Å². The average Bonchev–Trinajstić information content (AvgIpc) is 2.55. The number of nitrogens with one attached hydrogen (secondary N) is 2. The number of carbonyl (C=O) groups is 1. The molecule has 2 N–H and O–H groups in total. The topological polar surface area (TPSA) is 50.4 Å². The lowest BCUT2D eigenvalue weighted by atomic mass is 10.1. The number of hydrogen-bond acceptors (Lipinski definition) is 2. The molecule has 0 saturated carbocycles. The van der Waals surface area contributed by atoms with Gasteiger partial charge >= 0.3 is 6.03 Å². The summed E-state index contributed by atoms with van der Waals surface area (Å²) in [5.41, 5.74) is 0.909. The van der Waals surface area contributed by atoms with Crippen LogP contribution >= 0.6 is 0 Å². The molecule has 0 aliphatic heterocycles. The first-order chi connectivity index (χ1) is 11.5. The minimum atomic E-state index is -0.793. The second-order valence-electron chi connectivity index (χ2n) is 4.98. The van der Waals surface area contributed by atoms with Crippen molar-refractivity contribution in [3.8, 4) is 5.75 Å². The molecule has 7 heteroatoms. The standard InChI is InChI=1S/C17H17F3N2O2/c18-13-3-1-12(2-4-13)7-8-21-17(23)22-9-10-24-16-6-5-14(19)11-15(16)20/h1-6,11H,7-10H2,(H2,21,22,23). The maximum atomic E-state index is 13.3. The molecule has 2 aromatic carbocycles. The van der Waals surface area contributed by atoms with Crippen molar-refractivity contribution in [2.24, 2.45) is 0 Å². The highest BCUT2D eigenvalue weighted by atomic mass is 19.1. The number of rotatable bonds is 7. The van der Waals surface area contributed by atoms with Crippen LogP contribution in [-0.2, 0) is 6.42 Å². The summed E-state index contributed by atoms with van der Waals surface area (Å²) in [5, 5.41) is 5.19. The Kier molecular flexibility index (Phi) is 6.48. The smallest absolute Gasteiger partial charge is 0.314 e. The van der Waals surface area contributed by atoms with Crippen LogP contribution in [0.3, 0.4) is 0 Å². The number of hydrogen-bond donors (Lipinski definition) is 2. The van der Waals surface area contributed by atoms with Gasteiger partial charge in [-0.05, 0) is 36.2 Å². The molecule has 2 aromatic rings. The van der Waals surface area contributed by atoms with E-state index in [1.54, 1.807) is 12.1 Å². The van der Waals surface area contributed by atoms with Crippen molar-refractivity contribution in [3.63, 3.8) is 0 Å². The summed E-state index contributed by atoms with van der Waals surface area (Å²) in [6, 6.07) is 8.65. The minimum Gasteiger partial charge on any atom is -0.489 e. The Bertz CT molecular complexity index is 678. The molecule has 0 bridgehead atoms. The first-order valence-corrected chi connectivity index (χ1v) is 7.38. The highest BCUT2D eigenvalue weighted by Crippen LogP contribution is 2.17. The van der Waals surface area contributed by atoms with E-state index in [9.17, 15) is 18.0 Å². The molecule has 0 fully saturated rings. The number of benzene rings is 2. The Morgan fingerprint density at radius 2 is 1.58 bits per heavy atom. The van der Waals surface area contributed by atoms with Gasteiger partial charge in [-0.15, -0.1) is 0 Å². The Morgan fingerprint density at radius 3 is 2.29 bits per heavy atom. The molecule has 2 rings (SSSR count). The van der Waals surface area contributed by atoms with Gasteiger partial charge in [-0.2, -0.15) is 0 Å². The molecule has 4 nitrogen and oxygen atoms in total. The van der Waals surface area contributed by atoms with Gasteiger partial charge in [0.2, 0.25) is 0 Å². The molecule has 0 aromatic heterocycles. The Hall–Kier alpha value is -2.70. The molecule has 0 spiro atoms. The van der Waals surface area contributed by atoms with E-state index in [0.717, 1.165) is 17.7 Å². The Morgan fingerprint density at radius 1 is 0.917 bits per heavy atom. The van der Waals surface area contributed by atoms with Crippen LogP contribution in [0.4, 0.5) is 18.0 Å². The van der Waals surface area contributed by atoms with Crippen LogP contribution in [0.2, 0.25) is 0 Å². The molecule has 0 aliphatic rings. The zero-order chi connectivity index (χ0) is 17.4. The second-order valence-corrected chi connectivity index (χ2v) is 4.98. The van der Waals surface area contributed by atoms with Crippen molar-refractivity contribution >= 4 is 6.03 Å². The van der Waals surface area contributed by atoms with E-state index in [1.807, 2.05) is 0 Å². The molecule has 0 heterocycles. The molecule has 0 radical (unpaired) electrons. The maximum Gasteiger partial charge on any atom is 0.314 e. The summed E-state index contributed by atoms with van der Waals surface area (Å²) in [6.07, 6.45) is 0.574. The van der Waals surface area contributed by atoms with E-state index in [-0.39, 0.29) is 30.7 Å². The van der Waals surface area contributed by atoms with Gasteiger partial charge in [0, 0.05) is 12.6 Å². The van der Waals surface area contributed by atoms with Crippen LogP contribution in [0.1, 0.15) is 5.56 Å². The number of urea groups is 1. The average molecular weight is 338 g/mol. The van der Waals surface area contributed by atoms with Crippen molar-refractivity contribution in [2.45, 2.75) is 6.42 Å². The lowest BCUT2D eigenvalue weighted by Gasteiger charge is -2.09. The SMILES string of the molecule is O=C(NCCOc1ccc(F)cc1F)NCCc1ccc(F)cc1. The summed E-state index contributed by atoms with van der Waals surface area (Å²) in [7, 11) is 0. The van der Waals surface area contributed by atoms with Crippen molar-refractivity contribution in [2.75, 3.05) is 19.7 Å². The number of halogens is 3. The first kappa shape index (κ1) is 17.7. The fourth-order valence-electron chi connectivity index (χ4n) is 1.95. The number of carbonyl (C=O) groups excluding carboxylic acids is 1. The molecule has 0 atom stereocenters. The van der Waals surface area contributed by atoms with Gasteiger partial charge in [0.15, 0.2) is 11.6 Å². The fraction of sp³-hybridized carbons (Fsp3) is 0.235. The van der Waals surface area contributed by atoms with Gasteiger partial charge in [0.05, 0.1) is 6.54 Å². The van der Waals surface area contributed by atoms with Gasteiger partial charge in [-0.25, -0.2) is 18.0 Å². The van der Waals surface area contributed by atoms with Crippen LogP contribution in [0.15, 0.2) is 42.5 Å². The third-order valence-corrected chi connectivity index (χ3v) is 3.15. The summed E-state index contributed by atoms with van der Waals surface area (Å²) in [4.78, 5) is 11.5. The lowest BCUT2D eigenvalue weighted by Crippen LogP contribution is -2.38. The molecule has 0 aliphatic carbocycles. The minimum absolute atomic E-state index is 0.0495.